The van der Waals surface area contributed by atoms with E-state index in [4.69, 9.17) is 0 Å². The van der Waals surface area contributed by atoms with E-state index in [1.165, 1.54) is 56.1 Å². The minimum atomic E-state index is -0.543. The number of allylic oxidation sites excluding steroid dienone is 4. The Kier molecular flexibility index (Phi) is 5.03. The van der Waals surface area contributed by atoms with E-state index < -0.39 is 5.60 Å². The van der Waals surface area contributed by atoms with Crippen LogP contribution in [0.25, 0.3) is 0 Å². The number of hydrogen-bond donors (Lipinski definition) is 1. The predicted molar refractivity (Wildman–Crippen MR) is 91.2 cm³/mol. The predicted octanol–water partition coefficient (Wildman–Crippen LogP) is 5.65. The maximum Gasteiger partial charge on any atom is 0.0622 e. The SMILES string of the molecule is C/C1=C\C[C@]2(C)CC[C@H](C(C)(C)O)[C@H]2CC/C(C)=C/CC1. The Morgan fingerprint density at radius 3 is 2.43 bits per heavy atom. The van der Waals surface area contributed by atoms with Crippen molar-refractivity contribution >= 4 is 0 Å². The van der Waals surface area contributed by atoms with Gasteiger partial charge in [0, 0.05) is 0 Å². The van der Waals surface area contributed by atoms with Crippen LogP contribution in [0.2, 0.25) is 0 Å². The molecule has 120 valence electrons. The molecule has 1 heteroatoms. The van der Waals surface area contributed by atoms with Crippen molar-refractivity contribution in [2.75, 3.05) is 0 Å². The van der Waals surface area contributed by atoms with Gasteiger partial charge in [0.05, 0.1) is 5.60 Å². The van der Waals surface area contributed by atoms with E-state index in [-0.39, 0.29) is 0 Å². The van der Waals surface area contributed by atoms with Crippen LogP contribution in [0.5, 0.6) is 0 Å². The molecule has 2 aliphatic rings. The number of rotatable bonds is 1. The second-order valence-corrected chi connectivity index (χ2v) is 8.44. The zero-order valence-corrected chi connectivity index (χ0v) is 14.7. The fourth-order valence-electron chi connectivity index (χ4n) is 4.55. The average molecular weight is 290 g/mol. The molecule has 1 fully saturated rings. The van der Waals surface area contributed by atoms with Crippen molar-refractivity contribution in [1.29, 1.82) is 0 Å². The van der Waals surface area contributed by atoms with Crippen molar-refractivity contribution in [2.24, 2.45) is 17.3 Å². The summed E-state index contributed by atoms with van der Waals surface area (Å²) in [7, 11) is 0. The third-order valence-corrected chi connectivity index (χ3v) is 6.11. The molecule has 1 saturated carbocycles. The van der Waals surface area contributed by atoms with Gasteiger partial charge in [0.1, 0.15) is 0 Å². The van der Waals surface area contributed by atoms with Gasteiger partial charge in [-0.3, -0.25) is 0 Å². The van der Waals surface area contributed by atoms with Gasteiger partial charge in [0.15, 0.2) is 0 Å². The zero-order valence-electron chi connectivity index (χ0n) is 14.7. The molecule has 0 aromatic carbocycles. The van der Waals surface area contributed by atoms with Crippen molar-refractivity contribution in [2.45, 2.75) is 85.2 Å². The normalized spacial score (nSPS) is 40.5. The average Bonchev–Trinajstić information content (AvgIpc) is 2.70. The van der Waals surface area contributed by atoms with Gasteiger partial charge in [-0.2, -0.15) is 0 Å². The molecule has 2 aliphatic carbocycles. The van der Waals surface area contributed by atoms with E-state index in [1.54, 1.807) is 0 Å². The van der Waals surface area contributed by atoms with E-state index in [0.29, 0.717) is 17.3 Å². The Bertz CT molecular complexity index is 424. The minimum absolute atomic E-state index is 0.372. The highest BCUT2D eigenvalue weighted by Gasteiger charge is 2.48. The van der Waals surface area contributed by atoms with Crippen molar-refractivity contribution in [1.82, 2.24) is 0 Å². The third kappa shape index (κ3) is 4.00. The largest absolute Gasteiger partial charge is 0.390 e. The fraction of sp³-hybridized carbons (Fsp3) is 0.800. The van der Waals surface area contributed by atoms with Gasteiger partial charge in [-0.1, -0.05) is 30.2 Å². The molecule has 0 aromatic rings. The fourth-order valence-corrected chi connectivity index (χ4v) is 4.55. The van der Waals surface area contributed by atoms with Crippen LogP contribution in [-0.2, 0) is 0 Å². The van der Waals surface area contributed by atoms with Crippen LogP contribution in [0, 0.1) is 17.3 Å². The van der Waals surface area contributed by atoms with Crippen molar-refractivity contribution in [3.8, 4) is 0 Å². The van der Waals surface area contributed by atoms with E-state index in [0.717, 1.165) is 0 Å². The van der Waals surface area contributed by atoms with Gasteiger partial charge in [0.25, 0.3) is 0 Å². The Labute approximate surface area is 131 Å². The maximum atomic E-state index is 10.6. The molecule has 0 radical (unpaired) electrons. The second kappa shape index (κ2) is 6.28. The zero-order chi connectivity index (χ0) is 15.7. The van der Waals surface area contributed by atoms with Crippen LogP contribution in [-0.4, -0.2) is 10.7 Å². The van der Waals surface area contributed by atoms with Crippen LogP contribution < -0.4 is 0 Å². The van der Waals surface area contributed by atoms with E-state index in [2.05, 4.69) is 32.9 Å². The first kappa shape index (κ1) is 16.8. The summed E-state index contributed by atoms with van der Waals surface area (Å²) in [6.45, 7) is 11.0. The smallest absolute Gasteiger partial charge is 0.0622 e. The summed E-state index contributed by atoms with van der Waals surface area (Å²) in [5.41, 5.74) is 2.90. The van der Waals surface area contributed by atoms with E-state index in [1.807, 2.05) is 13.8 Å². The standard InChI is InChI=1S/C20H34O/c1-15-7-6-8-16(2)11-13-20(5)14-12-17(19(3,4)21)18(20)10-9-15/h7,11,17-18,21H,6,8-10,12-14H2,1-5H3/b15-7+,16-11+/t17-,18+,20+/m0/s1. The Morgan fingerprint density at radius 2 is 1.76 bits per heavy atom. The molecule has 0 aromatic heterocycles. The molecule has 1 N–H and O–H groups in total. The summed E-state index contributed by atoms with van der Waals surface area (Å²) in [6.07, 6.45) is 13.4. The van der Waals surface area contributed by atoms with Crippen LogP contribution in [0.15, 0.2) is 23.3 Å². The summed E-state index contributed by atoms with van der Waals surface area (Å²) in [5.74, 6) is 1.09. The van der Waals surface area contributed by atoms with Crippen molar-refractivity contribution < 1.29 is 5.11 Å². The van der Waals surface area contributed by atoms with Crippen LogP contribution >= 0.6 is 0 Å². The van der Waals surface area contributed by atoms with E-state index >= 15 is 0 Å². The molecule has 2 rings (SSSR count). The topological polar surface area (TPSA) is 20.2 Å². The van der Waals surface area contributed by atoms with Gasteiger partial charge < -0.3 is 5.11 Å². The summed E-state index contributed by atoms with van der Waals surface area (Å²) >= 11 is 0. The lowest BCUT2D eigenvalue weighted by Gasteiger charge is -2.38. The lowest BCUT2D eigenvalue weighted by Crippen LogP contribution is -2.37. The van der Waals surface area contributed by atoms with Gasteiger partial charge in [-0.25, -0.2) is 0 Å². The van der Waals surface area contributed by atoms with Crippen molar-refractivity contribution in [3.05, 3.63) is 23.3 Å². The monoisotopic (exact) mass is 290 g/mol. The molecule has 0 unspecified atom stereocenters. The molecule has 0 spiro atoms. The summed E-state index contributed by atoms with van der Waals surface area (Å²) in [6, 6.07) is 0. The summed E-state index contributed by atoms with van der Waals surface area (Å²) in [4.78, 5) is 0. The quantitative estimate of drug-likeness (QED) is 0.619. The molecule has 0 amide bonds. The van der Waals surface area contributed by atoms with Gasteiger partial charge in [0.2, 0.25) is 0 Å². The van der Waals surface area contributed by atoms with Crippen molar-refractivity contribution in [3.63, 3.8) is 0 Å². The van der Waals surface area contributed by atoms with Crippen LogP contribution in [0.4, 0.5) is 0 Å². The highest BCUT2D eigenvalue weighted by atomic mass is 16.3. The first-order valence-corrected chi connectivity index (χ1v) is 8.76. The molecule has 21 heavy (non-hydrogen) atoms. The molecule has 0 bridgehead atoms. The molecule has 1 nitrogen and oxygen atoms in total. The highest BCUT2D eigenvalue weighted by Crippen LogP contribution is 2.55. The van der Waals surface area contributed by atoms with Gasteiger partial charge in [-0.05, 0) is 89.9 Å². The van der Waals surface area contributed by atoms with Crippen LogP contribution in [0.3, 0.4) is 0 Å². The molecule has 0 heterocycles. The summed E-state index contributed by atoms with van der Waals surface area (Å²) in [5, 5.41) is 10.6. The Hall–Kier alpha value is -0.560. The third-order valence-electron chi connectivity index (χ3n) is 6.11. The lowest BCUT2D eigenvalue weighted by molar-refractivity contribution is -0.0162. The van der Waals surface area contributed by atoms with Gasteiger partial charge >= 0.3 is 0 Å². The lowest BCUT2D eigenvalue weighted by atomic mass is 9.69. The summed E-state index contributed by atoms with van der Waals surface area (Å²) < 4.78 is 0. The second-order valence-electron chi connectivity index (χ2n) is 8.44. The Morgan fingerprint density at radius 1 is 1.10 bits per heavy atom. The molecule has 0 saturated heterocycles. The van der Waals surface area contributed by atoms with E-state index in [9.17, 15) is 5.11 Å². The molecular formula is C20H34O. The minimum Gasteiger partial charge on any atom is -0.390 e. The first-order chi connectivity index (χ1) is 9.72. The maximum absolute atomic E-state index is 10.6. The Balaban J connectivity index is 2.28. The first-order valence-electron chi connectivity index (χ1n) is 8.76. The van der Waals surface area contributed by atoms with Gasteiger partial charge in [-0.15, -0.1) is 0 Å². The molecular weight excluding hydrogens is 256 g/mol. The van der Waals surface area contributed by atoms with Crippen LogP contribution in [0.1, 0.15) is 79.6 Å². The highest BCUT2D eigenvalue weighted by molar-refractivity contribution is 5.10. The molecule has 0 aliphatic heterocycles. The molecule has 3 atom stereocenters. The number of hydrogen-bond acceptors (Lipinski definition) is 1. The number of fused-ring (bicyclic) bond motifs is 1. The number of aliphatic hydroxyl groups is 1.